The summed E-state index contributed by atoms with van der Waals surface area (Å²) in [6, 6.07) is 10.1. The van der Waals surface area contributed by atoms with Crippen molar-refractivity contribution in [1.82, 2.24) is 14.5 Å². The number of hydrogen-bond acceptors (Lipinski definition) is 4. The summed E-state index contributed by atoms with van der Waals surface area (Å²) < 4.78 is 2.13. The van der Waals surface area contributed by atoms with Crippen molar-refractivity contribution < 1.29 is 9.90 Å². The number of amides is 1. The van der Waals surface area contributed by atoms with Crippen molar-refractivity contribution in [2.45, 2.75) is 31.4 Å². The van der Waals surface area contributed by atoms with E-state index in [0.717, 1.165) is 42.5 Å². The molecular weight excluding hydrogens is 358 g/mol. The largest absolute Gasteiger partial charge is 0.391 e. The van der Waals surface area contributed by atoms with E-state index in [1.54, 1.807) is 11.3 Å². The molecule has 1 N–H and O–H groups in total. The monoisotopic (exact) mass is 381 g/mol. The molecule has 0 spiro atoms. The first-order valence-electron chi connectivity index (χ1n) is 9.57. The third-order valence-corrected chi connectivity index (χ3v) is 6.97. The highest BCUT2D eigenvalue weighted by Crippen LogP contribution is 2.42. The second-order valence-corrected chi connectivity index (χ2v) is 8.65. The van der Waals surface area contributed by atoms with E-state index in [2.05, 4.69) is 15.6 Å². The summed E-state index contributed by atoms with van der Waals surface area (Å²) in [5, 5.41) is 14.9. The summed E-state index contributed by atoms with van der Waals surface area (Å²) in [4.78, 5) is 19.2. The number of carbonyl (C=O) groups excluding carboxylic acids is 1. The van der Waals surface area contributed by atoms with E-state index in [-0.39, 0.29) is 11.9 Å². The minimum absolute atomic E-state index is 0.0329. The van der Waals surface area contributed by atoms with Gasteiger partial charge in [-0.1, -0.05) is 12.1 Å². The number of fused-ring (bicyclic) bond motifs is 2. The van der Waals surface area contributed by atoms with E-state index < -0.39 is 6.10 Å². The number of hydrogen-bond donors (Lipinski definition) is 1. The molecule has 0 radical (unpaired) electrons. The number of para-hydroxylation sites is 2. The minimum Gasteiger partial charge on any atom is -0.391 e. The van der Waals surface area contributed by atoms with Crippen LogP contribution in [0.3, 0.4) is 0 Å². The van der Waals surface area contributed by atoms with Crippen LogP contribution in [0.15, 0.2) is 47.4 Å². The van der Waals surface area contributed by atoms with Gasteiger partial charge in [0.05, 0.1) is 35.9 Å². The van der Waals surface area contributed by atoms with Crippen LogP contribution in [0.25, 0.3) is 11.0 Å². The number of imidazole rings is 1. The zero-order valence-corrected chi connectivity index (χ0v) is 15.9. The van der Waals surface area contributed by atoms with E-state index in [1.165, 1.54) is 0 Å². The van der Waals surface area contributed by atoms with Crippen molar-refractivity contribution in [3.8, 4) is 0 Å². The van der Waals surface area contributed by atoms with Crippen molar-refractivity contribution >= 4 is 28.3 Å². The van der Waals surface area contributed by atoms with Gasteiger partial charge in [-0.25, -0.2) is 4.98 Å². The number of likely N-dealkylation sites (tertiary alicyclic amines) is 1. The Morgan fingerprint density at radius 3 is 2.81 bits per heavy atom. The molecule has 1 saturated heterocycles. The van der Waals surface area contributed by atoms with Gasteiger partial charge in [0.1, 0.15) is 0 Å². The van der Waals surface area contributed by atoms with Gasteiger partial charge in [0.2, 0.25) is 5.91 Å². The SMILES string of the molecule is O=C(Cc1ccsc1)N1C[C@H]2C[C@@H](n3cnc4ccccc43)[C@H](O)C[C@H]2C1. The molecule has 3 heterocycles. The standard InChI is InChI=1S/C21H23N3O2S/c25-20-9-16-11-23(21(26)7-14-5-6-27-12-14)10-15(16)8-19(20)24-13-22-17-3-1-2-4-18(17)24/h1-6,12-13,15-16,19-20,25H,7-11H2/t15-,16+,19-,20-/m1/s1. The lowest BCUT2D eigenvalue weighted by Gasteiger charge is -2.36. The molecule has 27 heavy (non-hydrogen) atoms. The predicted octanol–water partition coefficient (Wildman–Crippen LogP) is 3.11. The Balaban J connectivity index is 1.32. The molecule has 1 amide bonds. The molecule has 1 aliphatic carbocycles. The number of aliphatic hydroxyl groups is 1. The van der Waals surface area contributed by atoms with Crippen LogP contribution in [0.2, 0.25) is 0 Å². The maximum absolute atomic E-state index is 12.7. The summed E-state index contributed by atoms with van der Waals surface area (Å²) in [5.74, 6) is 1.06. The third-order valence-electron chi connectivity index (χ3n) is 6.24. The summed E-state index contributed by atoms with van der Waals surface area (Å²) in [6.07, 6.45) is 3.60. The second-order valence-electron chi connectivity index (χ2n) is 7.87. The zero-order valence-electron chi connectivity index (χ0n) is 15.1. The molecule has 1 aromatic carbocycles. The Morgan fingerprint density at radius 2 is 2.00 bits per heavy atom. The topological polar surface area (TPSA) is 58.4 Å². The first-order chi connectivity index (χ1) is 13.2. The average molecular weight is 382 g/mol. The Bertz CT molecular complexity index is 951. The molecule has 140 valence electrons. The van der Waals surface area contributed by atoms with Crippen molar-refractivity contribution in [1.29, 1.82) is 0 Å². The molecule has 0 bridgehead atoms. The fraction of sp³-hybridized carbons (Fsp3) is 0.429. The van der Waals surface area contributed by atoms with Gasteiger partial charge in [0, 0.05) is 13.1 Å². The normalized spacial score (nSPS) is 27.8. The summed E-state index contributed by atoms with van der Waals surface area (Å²) in [7, 11) is 0. The zero-order chi connectivity index (χ0) is 18.4. The Morgan fingerprint density at radius 1 is 1.19 bits per heavy atom. The van der Waals surface area contributed by atoms with Gasteiger partial charge in [-0.3, -0.25) is 4.79 Å². The fourth-order valence-electron chi connectivity index (χ4n) is 4.83. The number of aromatic nitrogens is 2. The maximum atomic E-state index is 12.7. The lowest BCUT2D eigenvalue weighted by atomic mass is 9.77. The lowest BCUT2D eigenvalue weighted by molar-refractivity contribution is -0.129. The molecule has 3 aromatic rings. The number of aliphatic hydroxyl groups excluding tert-OH is 1. The van der Waals surface area contributed by atoms with E-state index in [0.29, 0.717) is 18.3 Å². The fourth-order valence-corrected chi connectivity index (χ4v) is 5.50. The highest BCUT2D eigenvalue weighted by molar-refractivity contribution is 7.08. The average Bonchev–Trinajstić information content (AvgIpc) is 3.40. The van der Waals surface area contributed by atoms with Gasteiger partial charge in [-0.05, 0) is 59.2 Å². The van der Waals surface area contributed by atoms with Crippen LogP contribution in [0.1, 0.15) is 24.4 Å². The molecule has 0 unspecified atom stereocenters. The van der Waals surface area contributed by atoms with Gasteiger partial charge < -0.3 is 14.6 Å². The van der Waals surface area contributed by atoms with Gasteiger partial charge in [0.25, 0.3) is 0 Å². The van der Waals surface area contributed by atoms with Crippen molar-refractivity contribution in [2.75, 3.05) is 13.1 Å². The van der Waals surface area contributed by atoms with Crippen LogP contribution >= 0.6 is 11.3 Å². The number of nitrogens with zero attached hydrogens (tertiary/aromatic N) is 3. The minimum atomic E-state index is -0.393. The Labute approximate surface area is 162 Å². The highest BCUT2D eigenvalue weighted by Gasteiger charge is 2.43. The first kappa shape index (κ1) is 17.0. The maximum Gasteiger partial charge on any atom is 0.227 e. The summed E-state index contributed by atoms with van der Waals surface area (Å²) >= 11 is 1.63. The molecular formula is C21H23N3O2S. The summed E-state index contributed by atoms with van der Waals surface area (Å²) in [6.45, 7) is 1.59. The van der Waals surface area contributed by atoms with Crippen LogP contribution < -0.4 is 0 Å². The third kappa shape index (κ3) is 3.07. The molecule has 2 aliphatic rings. The number of thiophene rings is 1. The number of carbonyl (C=O) groups is 1. The quantitative estimate of drug-likeness (QED) is 0.758. The summed E-state index contributed by atoms with van der Waals surface area (Å²) in [5.41, 5.74) is 3.14. The van der Waals surface area contributed by atoms with E-state index in [1.807, 2.05) is 46.3 Å². The van der Waals surface area contributed by atoms with Crippen LogP contribution in [0.5, 0.6) is 0 Å². The van der Waals surface area contributed by atoms with Gasteiger partial charge in [-0.15, -0.1) is 0 Å². The highest BCUT2D eigenvalue weighted by atomic mass is 32.1. The van der Waals surface area contributed by atoms with Crippen molar-refractivity contribution in [2.24, 2.45) is 11.8 Å². The van der Waals surface area contributed by atoms with Crippen molar-refractivity contribution in [3.05, 3.63) is 53.0 Å². The molecule has 1 saturated carbocycles. The van der Waals surface area contributed by atoms with Crippen LogP contribution in [-0.4, -0.2) is 44.7 Å². The molecule has 6 heteroatoms. The van der Waals surface area contributed by atoms with Crippen LogP contribution in [0, 0.1) is 11.8 Å². The van der Waals surface area contributed by atoms with E-state index >= 15 is 0 Å². The molecule has 5 rings (SSSR count). The second kappa shape index (κ2) is 6.77. The molecule has 1 aliphatic heterocycles. The predicted molar refractivity (Wildman–Crippen MR) is 106 cm³/mol. The molecule has 2 aromatic heterocycles. The van der Waals surface area contributed by atoms with Crippen molar-refractivity contribution in [3.63, 3.8) is 0 Å². The number of benzene rings is 1. The van der Waals surface area contributed by atoms with Gasteiger partial charge >= 0.3 is 0 Å². The van der Waals surface area contributed by atoms with Gasteiger partial charge in [-0.2, -0.15) is 11.3 Å². The lowest BCUT2D eigenvalue weighted by Crippen LogP contribution is -2.36. The molecule has 2 fully saturated rings. The molecule has 5 nitrogen and oxygen atoms in total. The molecule has 4 atom stereocenters. The van der Waals surface area contributed by atoms with Crippen LogP contribution in [-0.2, 0) is 11.2 Å². The number of rotatable bonds is 3. The van der Waals surface area contributed by atoms with Gasteiger partial charge in [0.15, 0.2) is 0 Å². The Kier molecular flexibility index (Phi) is 4.25. The van der Waals surface area contributed by atoms with Crippen LogP contribution in [0.4, 0.5) is 0 Å². The first-order valence-corrected chi connectivity index (χ1v) is 10.5. The van der Waals surface area contributed by atoms with E-state index in [9.17, 15) is 9.90 Å². The van der Waals surface area contributed by atoms with E-state index in [4.69, 9.17) is 0 Å². The smallest absolute Gasteiger partial charge is 0.227 e. The Hall–Kier alpha value is -2.18.